The number of rotatable bonds is 10. The van der Waals surface area contributed by atoms with Gasteiger partial charge >= 0.3 is 6.03 Å². The Bertz CT molecular complexity index is 1250. The van der Waals surface area contributed by atoms with Crippen LogP contribution in [0.3, 0.4) is 0 Å². The fourth-order valence-corrected chi connectivity index (χ4v) is 3.50. The number of carbonyl (C=O) groups is 1. The molecule has 8 heteroatoms. The number of hydrogen-bond donors (Lipinski definition) is 4. The summed E-state index contributed by atoms with van der Waals surface area (Å²) in [5, 5.41) is 13.0. The van der Waals surface area contributed by atoms with E-state index in [2.05, 4.69) is 10.6 Å². The smallest absolute Gasteiger partial charge is 0.318 e. The van der Waals surface area contributed by atoms with Crippen LogP contribution in [0.5, 0.6) is 17.2 Å². The maximum Gasteiger partial charge on any atom is 0.318 e. The van der Waals surface area contributed by atoms with E-state index in [4.69, 9.17) is 25.4 Å². The highest BCUT2D eigenvalue weighted by atomic mass is 16.5. The van der Waals surface area contributed by atoms with Gasteiger partial charge in [0.15, 0.2) is 11.5 Å². The molecule has 0 saturated heterocycles. The molecule has 0 radical (unpaired) electrons. The molecule has 0 atom stereocenters. The lowest BCUT2D eigenvalue weighted by Gasteiger charge is -2.19. The van der Waals surface area contributed by atoms with Gasteiger partial charge in [-0.2, -0.15) is 0 Å². The molecule has 0 aliphatic carbocycles. The number of guanidine groups is 1. The minimum Gasteiger partial charge on any atom is -0.485 e. The van der Waals surface area contributed by atoms with Gasteiger partial charge in [0.25, 0.3) is 0 Å². The van der Waals surface area contributed by atoms with E-state index in [-0.39, 0.29) is 5.96 Å². The summed E-state index contributed by atoms with van der Waals surface area (Å²) in [6, 6.07) is 31.8. The summed E-state index contributed by atoms with van der Waals surface area (Å²) in [5.74, 6) is 0.976. The lowest BCUT2D eigenvalue weighted by molar-refractivity contribution is 0.230. The Morgan fingerprint density at radius 2 is 1.08 bits per heavy atom. The summed E-state index contributed by atoms with van der Waals surface area (Å²) in [6.07, 6.45) is 0. The van der Waals surface area contributed by atoms with E-state index in [9.17, 15) is 4.79 Å². The molecular weight excluding hydrogens is 468 g/mol. The lowest BCUT2D eigenvalue weighted by Crippen LogP contribution is -2.38. The van der Waals surface area contributed by atoms with Crippen LogP contribution in [0.4, 0.5) is 10.5 Å². The van der Waals surface area contributed by atoms with Crippen LogP contribution in [0.2, 0.25) is 0 Å². The molecule has 0 bridgehead atoms. The number of amides is 2. The second kappa shape index (κ2) is 12.6. The molecular formula is C29H28N4O4. The van der Waals surface area contributed by atoms with Gasteiger partial charge < -0.3 is 25.3 Å². The van der Waals surface area contributed by atoms with Crippen molar-refractivity contribution in [3.05, 3.63) is 120 Å². The van der Waals surface area contributed by atoms with Crippen molar-refractivity contribution in [1.29, 1.82) is 5.41 Å². The van der Waals surface area contributed by atoms with Crippen molar-refractivity contribution >= 4 is 17.7 Å². The number of primary amides is 1. The highest BCUT2D eigenvalue weighted by Crippen LogP contribution is 2.42. The SMILES string of the molecule is N=C(NC(N)=O)Nc1cc(OCc2ccccc2)c(OCc2ccccc2)c(OCc2ccccc2)c1. The Morgan fingerprint density at radius 3 is 1.49 bits per heavy atom. The fourth-order valence-electron chi connectivity index (χ4n) is 3.50. The summed E-state index contributed by atoms with van der Waals surface area (Å²) in [4.78, 5) is 11.2. The average Bonchev–Trinajstić information content (AvgIpc) is 2.91. The van der Waals surface area contributed by atoms with Crippen LogP contribution in [-0.2, 0) is 19.8 Å². The Hall–Kier alpha value is -4.98. The summed E-state index contributed by atoms with van der Waals surface area (Å²) in [7, 11) is 0. The Balaban J connectivity index is 1.67. The third-order valence-electron chi connectivity index (χ3n) is 5.24. The third-order valence-corrected chi connectivity index (χ3v) is 5.24. The molecule has 0 aromatic heterocycles. The first-order valence-corrected chi connectivity index (χ1v) is 11.7. The molecule has 0 aliphatic rings. The van der Waals surface area contributed by atoms with Crippen molar-refractivity contribution in [1.82, 2.24) is 5.32 Å². The lowest BCUT2D eigenvalue weighted by atomic mass is 10.2. The fraction of sp³-hybridized carbons (Fsp3) is 0.103. The average molecular weight is 497 g/mol. The summed E-state index contributed by atoms with van der Waals surface area (Å²) >= 11 is 0. The van der Waals surface area contributed by atoms with Crippen LogP contribution >= 0.6 is 0 Å². The minimum absolute atomic E-state index is 0.284. The van der Waals surface area contributed by atoms with E-state index in [1.165, 1.54) is 0 Å². The number of benzene rings is 4. The normalized spacial score (nSPS) is 10.3. The van der Waals surface area contributed by atoms with E-state index in [1.807, 2.05) is 91.0 Å². The maximum atomic E-state index is 11.2. The standard InChI is InChI=1S/C29H28N4O4/c30-28(33-29(31)34)32-24-16-25(35-18-21-10-4-1-5-11-21)27(37-20-23-14-8-3-9-15-23)26(17-24)36-19-22-12-6-2-7-13-22/h1-17H,18-20H2,(H5,30,31,32,33,34). The topological polar surface area (TPSA) is 119 Å². The van der Waals surface area contributed by atoms with Crippen LogP contribution in [0.15, 0.2) is 103 Å². The quantitative estimate of drug-likeness (QED) is 0.172. The molecule has 0 heterocycles. The van der Waals surface area contributed by atoms with Crippen molar-refractivity contribution in [3.8, 4) is 17.2 Å². The van der Waals surface area contributed by atoms with Crippen molar-refractivity contribution < 1.29 is 19.0 Å². The molecule has 5 N–H and O–H groups in total. The second-order valence-corrected chi connectivity index (χ2v) is 8.11. The van der Waals surface area contributed by atoms with Crippen LogP contribution in [0, 0.1) is 5.41 Å². The molecule has 0 fully saturated rings. The van der Waals surface area contributed by atoms with E-state index >= 15 is 0 Å². The number of carbonyl (C=O) groups excluding carboxylic acids is 1. The highest BCUT2D eigenvalue weighted by Gasteiger charge is 2.18. The zero-order chi connectivity index (χ0) is 25.9. The number of urea groups is 1. The Labute approximate surface area is 215 Å². The van der Waals surface area contributed by atoms with Crippen molar-refractivity contribution in [2.75, 3.05) is 5.32 Å². The second-order valence-electron chi connectivity index (χ2n) is 8.11. The van der Waals surface area contributed by atoms with Crippen molar-refractivity contribution in [3.63, 3.8) is 0 Å². The van der Waals surface area contributed by atoms with E-state index in [0.29, 0.717) is 42.8 Å². The van der Waals surface area contributed by atoms with Crippen LogP contribution in [-0.4, -0.2) is 12.0 Å². The summed E-state index contributed by atoms with van der Waals surface area (Å²) in [6.45, 7) is 0.887. The molecule has 2 amide bonds. The Morgan fingerprint density at radius 1 is 0.676 bits per heavy atom. The van der Waals surface area contributed by atoms with E-state index in [0.717, 1.165) is 16.7 Å². The van der Waals surface area contributed by atoms with Gasteiger partial charge in [-0.1, -0.05) is 91.0 Å². The highest BCUT2D eigenvalue weighted by molar-refractivity contribution is 6.01. The molecule has 0 unspecified atom stereocenters. The van der Waals surface area contributed by atoms with Gasteiger partial charge in [-0.3, -0.25) is 10.7 Å². The van der Waals surface area contributed by atoms with Gasteiger partial charge in [-0.25, -0.2) is 4.79 Å². The first kappa shape index (κ1) is 25.1. The zero-order valence-corrected chi connectivity index (χ0v) is 20.1. The molecule has 4 aromatic carbocycles. The van der Waals surface area contributed by atoms with Crippen LogP contribution < -0.4 is 30.6 Å². The predicted molar refractivity (Wildman–Crippen MR) is 143 cm³/mol. The molecule has 4 aromatic rings. The minimum atomic E-state index is -0.846. The molecule has 37 heavy (non-hydrogen) atoms. The van der Waals surface area contributed by atoms with Gasteiger partial charge in [0, 0.05) is 17.8 Å². The van der Waals surface area contributed by atoms with Crippen LogP contribution in [0.25, 0.3) is 0 Å². The molecule has 0 aliphatic heterocycles. The first-order valence-electron chi connectivity index (χ1n) is 11.7. The maximum absolute atomic E-state index is 11.2. The molecule has 0 spiro atoms. The van der Waals surface area contributed by atoms with Gasteiger partial charge in [-0.15, -0.1) is 0 Å². The van der Waals surface area contributed by atoms with Gasteiger partial charge in [-0.05, 0) is 16.7 Å². The van der Waals surface area contributed by atoms with Crippen molar-refractivity contribution in [2.45, 2.75) is 19.8 Å². The first-order chi connectivity index (χ1) is 18.1. The zero-order valence-electron chi connectivity index (χ0n) is 20.1. The molecule has 188 valence electrons. The van der Waals surface area contributed by atoms with Gasteiger partial charge in [0.05, 0.1) is 0 Å². The number of hydrogen-bond acceptors (Lipinski definition) is 5. The third kappa shape index (κ3) is 7.76. The van der Waals surface area contributed by atoms with E-state index < -0.39 is 6.03 Å². The molecule has 4 rings (SSSR count). The Kier molecular flexibility index (Phi) is 8.59. The number of nitrogens with two attached hydrogens (primary N) is 1. The molecule has 8 nitrogen and oxygen atoms in total. The van der Waals surface area contributed by atoms with Crippen LogP contribution in [0.1, 0.15) is 16.7 Å². The number of nitrogens with one attached hydrogen (secondary N) is 3. The van der Waals surface area contributed by atoms with Gasteiger partial charge in [0.1, 0.15) is 19.8 Å². The van der Waals surface area contributed by atoms with Crippen molar-refractivity contribution in [2.24, 2.45) is 5.73 Å². The monoisotopic (exact) mass is 496 g/mol. The predicted octanol–water partition coefficient (Wildman–Crippen LogP) is 5.44. The molecule has 0 saturated carbocycles. The summed E-state index contributed by atoms with van der Waals surface area (Å²) in [5.41, 5.74) is 8.54. The number of ether oxygens (including phenoxy) is 3. The van der Waals surface area contributed by atoms with E-state index in [1.54, 1.807) is 12.1 Å². The largest absolute Gasteiger partial charge is 0.485 e. The summed E-state index contributed by atoms with van der Waals surface area (Å²) < 4.78 is 18.6. The number of anilines is 1. The van der Waals surface area contributed by atoms with Gasteiger partial charge in [0.2, 0.25) is 11.7 Å².